The number of nitrogens with two attached hydrogens (primary N) is 1. The molecule has 1 atom stereocenters. The van der Waals surface area contributed by atoms with E-state index in [-0.39, 0.29) is 17.2 Å². The van der Waals surface area contributed by atoms with Crippen molar-refractivity contribution in [2.45, 2.75) is 25.4 Å². The van der Waals surface area contributed by atoms with Crippen LogP contribution in [0.2, 0.25) is 0 Å². The molecular weight excluding hydrogens is 342 g/mol. The van der Waals surface area contributed by atoms with Gasteiger partial charge >= 0.3 is 0 Å². The van der Waals surface area contributed by atoms with E-state index in [0.717, 1.165) is 22.2 Å². The number of aromatic hydroxyl groups is 1. The van der Waals surface area contributed by atoms with Crippen LogP contribution in [0, 0.1) is 0 Å². The van der Waals surface area contributed by atoms with Crippen LogP contribution in [-0.2, 0) is 24.2 Å². The first-order valence-electron chi connectivity index (χ1n) is 8.98. The molecule has 0 saturated carbocycles. The molecule has 27 heavy (non-hydrogen) atoms. The molecule has 4 N–H and O–H groups in total. The average molecular weight is 363 g/mol. The smallest absolute Gasteiger partial charge is 0.256 e. The third kappa shape index (κ3) is 3.31. The van der Waals surface area contributed by atoms with E-state index in [0.29, 0.717) is 31.3 Å². The molecule has 6 nitrogen and oxygen atoms in total. The number of H-pyrrole nitrogens is 1. The van der Waals surface area contributed by atoms with Crippen LogP contribution < -0.4 is 11.3 Å². The van der Waals surface area contributed by atoms with Gasteiger partial charge in [-0.25, -0.2) is 0 Å². The van der Waals surface area contributed by atoms with Crippen LogP contribution in [0.25, 0.3) is 10.8 Å². The lowest BCUT2D eigenvalue weighted by Gasteiger charge is -2.31. The molecule has 1 amide bonds. The summed E-state index contributed by atoms with van der Waals surface area (Å²) in [5, 5.41) is 11.0. The molecule has 4 rings (SSSR count). The fourth-order valence-corrected chi connectivity index (χ4v) is 3.72. The highest BCUT2D eigenvalue weighted by molar-refractivity contribution is 5.87. The highest BCUT2D eigenvalue weighted by Crippen LogP contribution is 2.24. The summed E-state index contributed by atoms with van der Waals surface area (Å²) in [5.41, 5.74) is 8.78. The van der Waals surface area contributed by atoms with Crippen molar-refractivity contribution in [1.82, 2.24) is 9.88 Å². The average Bonchev–Trinajstić information content (AvgIpc) is 2.69. The number of carbonyl (C=O) groups excluding carboxylic acids is 1. The number of benzene rings is 2. The van der Waals surface area contributed by atoms with Crippen molar-refractivity contribution >= 4 is 16.7 Å². The Morgan fingerprint density at radius 3 is 2.59 bits per heavy atom. The largest absolute Gasteiger partial charge is 0.508 e. The fourth-order valence-electron chi connectivity index (χ4n) is 3.72. The summed E-state index contributed by atoms with van der Waals surface area (Å²) in [6.45, 7) is 0.933. The normalized spacial score (nSPS) is 14.8. The van der Waals surface area contributed by atoms with Crippen molar-refractivity contribution in [3.8, 4) is 5.75 Å². The number of nitrogens with zero attached hydrogens (tertiary/aromatic N) is 1. The van der Waals surface area contributed by atoms with Crippen LogP contribution in [0.3, 0.4) is 0 Å². The molecule has 1 aliphatic heterocycles. The summed E-state index contributed by atoms with van der Waals surface area (Å²) in [4.78, 5) is 29.8. The molecule has 138 valence electrons. The van der Waals surface area contributed by atoms with Gasteiger partial charge in [-0.2, -0.15) is 0 Å². The number of hydrogen-bond acceptors (Lipinski definition) is 4. The van der Waals surface area contributed by atoms with Crippen molar-refractivity contribution in [1.29, 1.82) is 0 Å². The summed E-state index contributed by atoms with van der Waals surface area (Å²) >= 11 is 0. The molecule has 2 aromatic carbocycles. The lowest BCUT2D eigenvalue weighted by molar-refractivity contribution is -0.133. The number of aromatic nitrogens is 1. The minimum Gasteiger partial charge on any atom is -0.508 e. The second-order valence-electron chi connectivity index (χ2n) is 6.94. The van der Waals surface area contributed by atoms with Crippen LogP contribution in [0.1, 0.15) is 16.8 Å². The third-order valence-electron chi connectivity index (χ3n) is 5.13. The van der Waals surface area contributed by atoms with Gasteiger partial charge in [0.25, 0.3) is 5.56 Å². The Labute approximate surface area is 156 Å². The summed E-state index contributed by atoms with van der Waals surface area (Å²) in [5.74, 6) is 0.0465. The van der Waals surface area contributed by atoms with Gasteiger partial charge in [-0.05, 0) is 47.6 Å². The van der Waals surface area contributed by atoms with E-state index in [9.17, 15) is 14.7 Å². The quantitative estimate of drug-likeness (QED) is 0.659. The number of amides is 1. The monoisotopic (exact) mass is 363 g/mol. The van der Waals surface area contributed by atoms with Crippen LogP contribution in [0.5, 0.6) is 5.75 Å². The van der Waals surface area contributed by atoms with Crippen LogP contribution in [-0.4, -0.2) is 33.5 Å². The minimum atomic E-state index is -0.664. The molecule has 1 aliphatic rings. The number of fused-ring (bicyclic) bond motifs is 3. The summed E-state index contributed by atoms with van der Waals surface area (Å²) in [6, 6.07) is 13.6. The van der Waals surface area contributed by atoms with Crippen molar-refractivity contribution in [3.63, 3.8) is 0 Å². The molecule has 1 unspecified atom stereocenters. The molecule has 2 heterocycles. The Morgan fingerprint density at radius 2 is 1.85 bits per heavy atom. The van der Waals surface area contributed by atoms with Gasteiger partial charge in [0, 0.05) is 17.6 Å². The maximum Gasteiger partial charge on any atom is 0.256 e. The predicted octanol–water partition coefficient (Wildman–Crippen LogP) is 1.69. The third-order valence-corrected chi connectivity index (χ3v) is 5.13. The van der Waals surface area contributed by atoms with E-state index >= 15 is 0 Å². The second kappa shape index (κ2) is 6.89. The number of aromatic amines is 1. The van der Waals surface area contributed by atoms with E-state index in [1.54, 1.807) is 29.2 Å². The summed E-state index contributed by atoms with van der Waals surface area (Å²) in [7, 11) is 0. The minimum absolute atomic E-state index is 0.132. The molecule has 0 fully saturated rings. The van der Waals surface area contributed by atoms with E-state index in [1.807, 2.05) is 24.3 Å². The number of phenolic OH excluding ortho intramolecular Hbond substituents is 1. The number of pyridine rings is 1. The molecule has 0 spiro atoms. The van der Waals surface area contributed by atoms with Gasteiger partial charge < -0.3 is 20.7 Å². The Balaban J connectivity index is 1.54. The van der Waals surface area contributed by atoms with Gasteiger partial charge in [-0.1, -0.05) is 30.3 Å². The SMILES string of the molecule is NC(Cc1ccc(O)cc1)C(=O)N1CCc2c([nH]c(=O)c3ccccc23)C1. The van der Waals surface area contributed by atoms with Crippen LogP contribution in [0.4, 0.5) is 0 Å². The molecular formula is C21H21N3O3. The summed E-state index contributed by atoms with van der Waals surface area (Å²) in [6.07, 6.45) is 1.08. The molecule has 6 heteroatoms. The zero-order chi connectivity index (χ0) is 19.0. The van der Waals surface area contributed by atoms with E-state index in [4.69, 9.17) is 5.73 Å². The van der Waals surface area contributed by atoms with Crippen LogP contribution >= 0.6 is 0 Å². The van der Waals surface area contributed by atoms with Gasteiger partial charge in [0.15, 0.2) is 0 Å². The summed E-state index contributed by atoms with van der Waals surface area (Å²) < 4.78 is 0. The Morgan fingerprint density at radius 1 is 1.15 bits per heavy atom. The Kier molecular flexibility index (Phi) is 4.41. The molecule has 1 aromatic heterocycles. The number of phenols is 1. The van der Waals surface area contributed by atoms with Crippen LogP contribution in [0.15, 0.2) is 53.3 Å². The lowest BCUT2D eigenvalue weighted by atomic mass is 9.97. The molecule has 0 bridgehead atoms. The van der Waals surface area contributed by atoms with E-state index in [1.165, 1.54) is 0 Å². The number of rotatable bonds is 3. The maximum absolute atomic E-state index is 12.8. The van der Waals surface area contributed by atoms with E-state index < -0.39 is 6.04 Å². The molecule has 0 radical (unpaired) electrons. The first-order chi connectivity index (χ1) is 13.0. The standard InChI is InChI=1S/C21H21N3O3/c22-18(11-13-5-7-14(25)8-6-13)21(27)24-10-9-16-15-3-1-2-4-17(15)20(26)23-19(16)12-24/h1-8,18,25H,9-12,22H2,(H,23,26). The Hall–Kier alpha value is -3.12. The molecule has 0 saturated heterocycles. The number of hydrogen-bond donors (Lipinski definition) is 3. The topological polar surface area (TPSA) is 99.4 Å². The first kappa shape index (κ1) is 17.3. The van der Waals surface area contributed by atoms with Crippen molar-refractivity contribution in [2.75, 3.05) is 6.54 Å². The highest BCUT2D eigenvalue weighted by atomic mass is 16.3. The highest BCUT2D eigenvalue weighted by Gasteiger charge is 2.27. The van der Waals surface area contributed by atoms with Gasteiger partial charge in [0.2, 0.25) is 5.91 Å². The predicted molar refractivity (Wildman–Crippen MR) is 103 cm³/mol. The molecule has 3 aromatic rings. The van der Waals surface area contributed by atoms with Crippen molar-refractivity contribution < 1.29 is 9.90 Å². The zero-order valence-corrected chi connectivity index (χ0v) is 14.8. The van der Waals surface area contributed by atoms with Gasteiger partial charge in [0.1, 0.15) is 5.75 Å². The van der Waals surface area contributed by atoms with Gasteiger partial charge in [-0.15, -0.1) is 0 Å². The first-order valence-corrected chi connectivity index (χ1v) is 8.98. The lowest BCUT2D eigenvalue weighted by Crippen LogP contribution is -2.47. The van der Waals surface area contributed by atoms with Gasteiger partial charge in [0.05, 0.1) is 12.6 Å². The van der Waals surface area contributed by atoms with Crippen molar-refractivity contribution in [2.24, 2.45) is 5.73 Å². The molecule has 0 aliphatic carbocycles. The fraction of sp³-hybridized carbons (Fsp3) is 0.238. The van der Waals surface area contributed by atoms with Gasteiger partial charge in [-0.3, -0.25) is 9.59 Å². The maximum atomic E-state index is 12.8. The zero-order valence-electron chi connectivity index (χ0n) is 14.8. The van der Waals surface area contributed by atoms with E-state index in [2.05, 4.69) is 4.98 Å². The second-order valence-corrected chi connectivity index (χ2v) is 6.94. The number of carbonyl (C=O) groups is 1. The van der Waals surface area contributed by atoms with Crippen molar-refractivity contribution in [3.05, 3.63) is 75.7 Å². The number of nitrogens with one attached hydrogen (secondary N) is 1. The Bertz CT molecular complexity index is 1060.